The second-order valence-electron chi connectivity index (χ2n) is 6.12. The molecule has 1 amide bonds. The molecule has 0 spiro atoms. The highest BCUT2D eigenvalue weighted by Gasteiger charge is 2.10. The van der Waals surface area contributed by atoms with Crippen LogP contribution in [0.2, 0.25) is 0 Å². The van der Waals surface area contributed by atoms with Gasteiger partial charge in [-0.15, -0.1) is 0 Å². The summed E-state index contributed by atoms with van der Waals surface area (Å²) in [6.07, 6.45) is 1.56. The molecule has 0 unspecified atom stereocenters. The summed E-state index contributed by atoms with van der Waals surface area (Å²) in [5.41, 5.74) is 3.02. The normalized spacial score (nSPS) is 10.1. The number of rotatable bonds is 7. The molecule has 29 heavy (non-hydrogen) atoms. The Labute approximate surface area is 168 Å². The second kappa shape index (κ2) is 9.36. The Bertz CT molecular complexity index is 1000. The van der Waals surface area contributed by atoms with Gasteiger partial charge in [0.1, 0.15) is 11.4 Å². The number of benzene rings is 2. The van der Waals surface area contributed by atoms with Crippen molar-refractivity contribution in [2.45, 2.75) is 6.54 Å². The van der Waals surface area contributed by atoms with Crippen molar-refractivity contribution < 1.29 is 19.1 Å². The number of methoxy groups -OCH3 is 2. The van der Waals surface area contributed by atoms with Crippen LogP contribution in [0.15, 0.2) is 66.9 Å². The molecule has 0 atom stereocenters. The Hall–Kier alpha value is -3.87. The lowest BCUT2D eigenvalue weighted by Gasteiger charge is -2.10. The van der Waals surface area contributed by atoms with E-state index in [0.29, 0.717) is 29.2 Å². The topological polar surface area (TPSA) is 89.5 Å². The van der Waals surface area contributed by atoms with Gasteiger partial charge in [-0.1, -0.05) is 24.3 Å². The van der Waals surface area contributed by atoms with E-state index >= 15 is 0 Å². The maximum absolute atomic E-state index is 12.4. The summed E-state index contributed by atoms with van der Waals surface area (Å²) in [6, 6.07) is 17.8. The van der Waals surface area contributed by atoms with Gasteiger partial charge in [0.25, 0.3) is 5.91 Å². The molecule has 0 bridgehead atoms. The van der Waals surface area contributed by atoms with Crippen molar-refractivity contribution in [2.75, 3.05) is 19.5 Å². The predicted octanol–water partition coefficient (Wildman–Crippen LogP) is 3.55. The molecule has 0 radical (unpaired) electrons. The number of hydrogen-bond acceptors (Lipinski definition) is 6. The van der Waals surface area contributed by atoms with E-state index in [-0.39, 0.29) is 5.91 Å². The number of carbonyl (C=O) groups excluding carboxylic acids is 2. The third kappa shape index (κ3) is 5.10. The van der Waals surface area contributed by atoms with Crippen molar-refractivity contribution in [3.8, 4) is 5.75 Å². The molecule has 7 nitrogen and oxygen atoms in total. The molecule has 1 aromatic heterocycles. The van der Waals surface area contributed by atoms with Crippen LogP contribution in [0.1, 0.15) is 26.4 Å². The highest BCUT2D eigenvalue weighted by Crippen LogP contribution is 2.19. The van der Waals surface area contributed by atoms with Crippen LogP contribution in [0.3, 0.4) is 0 Å². The van der Waals surface area contributed by atoms with E-state index in [2.05, 4.69) is 15.6 Å². The molecule has 2 N–H and O–H groups in total. The highest BCUT2D eigenvalue weighted by atomic mass is 16.5. The van der Waals surface area contributed by atoms with Crippen LogP contribution >= 0.6 is 0 Å². The Morgan fingerprint density at radius 1 is 0.966 bits per heavy atom. The van der Waals surface area contributed by atoms with Crippen LogP contribution in [0.4, 0.5) is 11.4 Å². The molecule has 3 aromatic rings. The molecule has 0 aliphatic carbocycles. The van der Waals surface area contributed by atoms with Crippen molar-refractivity contribution in [3.05, 3.63) is 83.7 Å². The van der Waals surface area contributed by atoms with Gasteiger partial charge in [-0.25, -0.2) is 9.78 Å². The Morgan fingerprint density at radius 2 is 1.79 bits per heavy atom. The fourth-order valence-electron chi connectivity index (χ4n) is 2.73. The second-order valence-corrected chi connectivity index (χ2v) is 6.12. The lowest BCUT2D eigenvalue weighted by atomic mass is 10.2. The summed E-state index contributed by atoms with van der Waals surface area (Å²) < 4.78 is 10.0. The fraction of sp³-hybridized carbons (Fsp3) is 0.136. The highest BCUT2D eigenvalue weighted by molar-refractivity contribution is 5.92. The molecule has 7 heteroatoms. The fourth-order valence-corrected chi connectivity index (χ4v) is 2.73. The number of esters is 1. The van der Waals surface area contributed by atoms with Crippen LogP contribution in [0.25, 0.3) is 0 Å². The van der Waals surface area contributed by atoms with Crippen LogP contribution < -0.4 is 15.4 Å². The van der Waals surface area contributed by atoms with E-state index in [4.69, 9.17) is 9.47 Å². The first-order valence-electron chi connectivity index (χ1n) is 8.92. The number of aromatic nitrogens is 1. The summed E-state index contributed by atoms with van der Waals surface area (Å²) in [5, 5.41) is 5.98. The zero-order valence-electron chi connectivity index (χ0n) is 16.1. The number of anilines is 2. The van der Waals surface area contributed by atoms with Crippen LogP contribution in [-0.4, -0.2) is 31.1 Å². The lowest BCUT2D eigenvalue weighted by molar-refractivity contribution is 0.0600. The molecule has 3 rings (SSSR count). The molecule has 0 aliphatic heterocycles. The summed E-state index contributed by atoms with van der Waals surface area (Å²) in [7, 11) is 2.93. The Morgan fingerprint density at radius 3 is 2.52 bits per heavy atom. The lowest BCUT2D eigenvalue weighted by Crippen LogP contribution is -2.24. The number of amides is 1. The monoisotopic (exact) mass is 391 g/mol. The van der Waals surface area contributed by atoms with Gasteiger partial charge in [-0.05, 0) is 36.4 Å². The maximum Gasteiger partial charge on any atom is 0.337 e. The number of ether oxygens (including phenoxy) is 2. The molecule has 1 heterocycles. The van der Waals surface area contributed by atoms with Crippen LogP contribution in [0.5, 0.6) is 5.75 Å². The standard InChI is InChI=1S/C22H21N3O4/c1-28-20-9-4-3-6-16(20)13-24-21(26)19-11-10-18(14-23-19)25-17-8-5-7-15(12-17)22(27)29-2/h3-12,14,25H,13H2,1-2H3,(H,24,26). The van der Waals surface area contributed by atoms with Crippen molar-refractivity contribution in [2.24, 2.45) is 0 Å². The average Bonchev–Trinajstić information content (AvgIpc) is 2.77. The zero-order chi connectivity index (χ0) is 20.6. The van der Waals surface area contributed by atoms with Gasteiger partial charge >= 0.3 is 5.97 Å². The molecule has 0 fully saturated rings. The smallest absolute Gasteiger partial charge is 0.337 e. The minimum atomic E-state index is -0.408. The first-order chi connectivity index (χ1) is 14.1. The maximum atomic E-state index is 12.4. The Kier molecular flexibility index (Phi) is 6.42. The number of pyridine rings is 1. The zero-order valence-corrected chi connectivity index (χ0v) is 16.1. The average molecular weight is 391 g/mol. The van der Waals surface area contributed by atoms with Crippen molar-refractivity contribution in [1.29, 1.82) is 0 Å². The minimum Gasteiger partial charge on any atom is -0.496 e. The van der Waals surface area contributed by atoms with Crippen LogP contribution in [0, 0.1) is 0 Å². The summed E-state index contributed by atoms with van der Waals surface area (Å²) in [4.78, 5) is 28.2. The van der Waals surface area contributed by atoms with Crippen LogP contribution in [-0.2, 0) is 11.3 Å². The summed E-state index contributed by atoms with van der Waals surface area (Å²) >= 11 is 0. The Balaban J connectivity index is 1.62. The number of nitrogens with one attached hydrogen (secondary N) is 2. The van der Waals surface area contributed by atoms with Gasteiger partial charge < -0.3 is 20.1 Å². The minimum absolute atomic E-state index is 0.282. The first kappa shape index (κ1) is 19.9. The SMILES string of the molecule is COC(=O)c1cccc(Nc2ccc(C(=O)NCc3ccccc3OC)nc2)c1. The van der Waals surface area contributed by atoms with Crippen molar-refractivity contribution in [3.63, 3.8) is 0 Å². The van der Waals surface area contributed by atoms with Gasteiger partial charge in [0.15, 0.2) is 0 Å². The molecule has 2 aromatic carbocycles. The third-order valence-electron chi connectivity index (χ3n) is 4.20. The quantitative estimate of drug-likeness (QED) is 0.599. The summed E-state index contributed by atoms with van der Waals surface area (Å²) in [5.74, 6) is 0.0264. The molecule has 0 saturated carbocycles. The van der Waals surface area contributed by atoms with Gasteiger partial charge in [0, 0.05) is 17.8 Å². The molecular formula is C22H21N3O4. The van der Waals surface area contributed by atoms with E-state index in [1.54, 1.807) is 43.6 Å². The van der Waals surface area contributed by atoms with E-state index in [1.807, 2.05) is 30.3 Å². The number of nitrogens with zero attached hydrogens (tertiary/aromatic N) is 1. The molecule has 148 valence electrons. The largest absolute Gasteiger partial charge is 0.496 e. The number of hydrogen-bond donors (Lipinski definition) is 2. The van der Waals surface area contributed by atoms with E-state index < -0.39 is 5.97 Å². The third-order valence-corrected chi connectivity index (χ3v) is 4.20. The predicted molar refractivity (Wildman–Crippen MR) is 109 cm³/mol. The van der Waals surface area contributed by atoms with Crippen molar-refractivity contribution >= 4 is 23.3 Å². The van der Waals surface area contributed by atoms with Gasteiger partial charge in [-0.2, -0.15) is 0 Å². The van der Waals surface area contributed by atoms with E-state index in [0.717, 1.165) is 11.3 Å². The van der Waals surface area contributed by atoms with E-state index in [9.17, 15) is 9.59 Å². The van der Waals surface area contributed by atoms with Gasteiger partial charge in [0.05, 0.1) is 31.7 Å². The first-order valence-corrected chi connectivity index (χ1v) is 8.92. The molecular weight excluding hydrogens is 370 g/mol. The summed E-state index contributed by atoms with van der Waals surface area (Å²) in [6.45, 7) is 0.338. The van der Waals surface area contributed by atoms with Gasteiger partial charge in [-0.3, -0.25) is 4.79 Å². The van der Waals surface area contributed by atoms with E-state index in [1.165, 1.54) is 7.11 Å². The van der Waals surface area contributed by atoms with Gasteiger partial charge in [0.2, 0.25) is 0 Å². The number of para-hydroxylation sites is 1. The molecule has 0 saturated heterocycles. The molecule has 0 aliphatic rings. The van der Waals surface area contributed by atoms with Crippen molar-refractivity contribution in [1.82, 2.24) is 10.3 Å². The number of carbonyl (C=O) groups is 2.